The summed E-state index contributed by atoms with van der Waals surface area (Å²) >= 11 is 0. The fourth-order valence-corrected chi connectivity index (χ4v) is 2.36. The second-order valence-electron chi connectivity index (χ2n) is 5.25. The molecule has 1 aromatic heterocycles. The summed E-state index contributed by atoms with van der Waals surface area (Å²) in [7, 11) is 0. The summed E-state index contributed by atoms with van der Waals surface area (Å²) in [4.78, 5) is 34.6. The van der Waals surface area contributed by atoms with Gasteiger partial charge in [0.2, 0.25) is 11.6 Å². The normalized spacial score (nSPS) is 10.3. The molecule has 3 N–H and O–H groups in total. The van der Waals surface area contributed by atoms with Crippen molar-refractivity contribution in [2.45, 2.75) is 26.7 Å². The van der Waals surface area contributed by atoms with Gasteiger partial charge in [-0.2, -0.15) is 5.10 Å². The molecule has 0 bridgehead atoms. The number of rotatable bonds is 7. The first kappa shape index (κ1) is 18.1. The number of aromatic amines is 1. The van der Waals surface area contributed by atoms with Crippen LogP contribution in [0.4, 0.5) is 11.4 Å². The molecule has 0 aliphatic heterocycles. The molecule has 0 atom stereocenters. The summed E-state index contributed by atoms with van der Waals surface area (Å²) in [5.74, 6) is -1.20. The van der Waals surface area contributed by atoms with E-state index in [1.807, 2.05) is 19.1 Å². The molecule has 0 saturated carbocycles. The van der Waals surface area contributed by atoms with Gasteiger partial charge in [0.1, 0.15) is 5.69 Å². The first-order chi connectivity index (χ1) is 12.0. The van der Waals surface area contributed by atoms with Crippen molar-refractivity contribution in [1.82, 2.24) is 15.5 Å². The second kappa shape index (κ2) is 8.04. The highest BCUT2D eigenvalue weighted by Crippen LogP contribution is 2.21. The van der Waals surface area contributed by atoms with Crippen LogP contribution < -0.4 is 10.6 Å². The number of para-hydroxylation sites is 1. The Hall–Kier alpha value is -3.23. The molecule has 0 aliphatic carbocycles. The molecule has 132 valence electrons. The standard InChI is InChI=1S/C16H19N5O4/c1-3-10-7-5-6-8-12(10)18-13(22)9-17-16(23)14-15(21(24)25)11(4-2)19-20-14/h5-8H,3-4,9H2,1-2H3,(H,17,23)(H,18,22)(H,19,20). The van der Waals surface area contributed by atoms with Gasteiger partial charge in [-0.1, -0.05) is 32.0 Å². The predicted molar refractivity (Wildman–Crippen MR) is 91.4 cm³/mol. The summed E-state index contributed by atoms with van der Waals surface area (Å²) in [6, 6.07) is 7.34. The Balaban J connectivity index is 2.02. The van der Waals surface area contributed by atoms with Crippen LogP contribution in [-0.2, 0) is 17.6 Å². The lowest BCUT2D eigenvalue weighted by Crippen LogP contribution is -2.33. The summed E-state index contributed by atoms with van der Waals surface area (Å²) in [6.45, 7) is 3.36. The van der Waals surface area contributed by atoms with Crippen molar-refractivity contribution in [1.29, 1.82) is 0 Å². The van der Waals surface area contributed by atoms with E-state index in [1.54, 1.807) is 19.1 Å². The topological polar surface area (TPSA) is 130 Å². The molecule has 0 fully saturated rings. The van der Waals surface area contributed by atoms with E-state index in [-0.39, 0.29) is 23.6 Å². The molecule has 1 aromatic carbocycles. The van der Waals surface area contributed by atoms with Crippen LogP contribution in [0, 0.1) is 10.1 Å². The molecule has 9 nitrogen and oxygen atoms in total. The third-order valence-electron chi connectivity index (χ3n) is 3.65. The van der Waals surface area contributed by atoms with E-state index in [4.69, 9.17) is 0 Å². The molecule has 9 heteroatoms. The van der Waals surface area contributed by atoms with Crippen LogP contribution in [0.2, 0.25) is 0 Å². The maximum Gasteiger partial charge on any atom is 0.322 e. The van der Waals surface area contributed by atoms with Gasteiger partial charge < -0.3 is 10.6 Å². The Morgan fingerprint density at radius 2 is 1.96 bits per heavy atom. The molecule has 0 saturated heterocycles. The van der Waals surface area contributed by atoms with Gasteiger partial charge in [-0.3, -0.25) is 24.8 Å². The van der Waals surface area contributed by atoms with Crippen LogP contribution in [0.25, 0.3) is 0 Å². The SMILES string of the molecule is CCc1ccccc1NC(=O)CNC(=O)c1n[nH]c(CC)c1[N+](=O)[O-]. The fourth-order valence-electron chi connectivity index (χ4n) is 2.36. The molecule has 1 heterocycles. The Morgan fingerprint density at radius 1 is 1.24 bits per heavy atom. The number of nitrogens with zero attached hydrogens (tertiary/aromatic N) is 2. The van der Waals surface area contributed by atoms with Crippen LogP contribution in [-0.4, -0.2) is 33.5 Å². The summed E-state index contributed by atoms with van der Waals surface area (Å²) in [6.07, 6.45) is 1.09. The highest BCUT2D eigenvalue weighted by atomic mass is 16.6. The maximum atomic E-state index is 12.1. The van der Waals surface area contributed by atoms with Crippen molar-refractivity contribution in [2.24, 2.45) is 0 Å². The number of anilines is 1. The van der Waals surface area contributed by atoms with Gasteiger partial charge in [0, 0.05) is 5.69 Å². The molecular weight excluding hydrogens is 326 g/mol. The van der Waals surface area contributed by atoms with Crippen LogP contribution in [0.1, 0.15) is 35.6 Å². The van der Waals surface area contributed by atoms with E-state index in [0.717, 1.165) is 12.0 Å². The highest BCUT2D eigenvalue weighted by molar-refractivity contribution is 6.00. The molecule has 0 unspecified atom stereocenters. The first-order valence-corrected chi connectivity index (χ1v) is 7.85. The first-order valence-electron chi connectivity index (χ1n) is 7.85. The number of nitro groups is 1. The molecule has 0 aliphatic rings. The zero-order valence-corrected chi connectivity index (χ0v) is 14.0. The minimum Gasteiger partial charge on any atom is -0.341 e. The highest BCUT2D eigenvalue weighted by Gasteiger charge is 2.28. The summed E-state index contributed by atoms with van der Waals surface area (Å²) < 4.78 is 0. The van der Waals surface area contributed by atoms with Crippen molar-refractivity contribution in [2.75, 3.05) is 11.9 Å². The van der Waals surface area contributed by atoms with Gasteiger partial charge >= 0.3 is 5.69 Å². The zero-order chi connectivity index (χ0) is 18.4. The lowest BCUT2D eigenvalue weighted by Gasteiger charge is -2.09. The number of aromatic nitrogens is 2. The van der Waals surface area contributed by atoms with E-state index in [2.05, 4.69) is 20.8 Å². The molecule has 25 heavy (non-hydrogen) atoms. The lowest BCUT2D eigenvalue weighted by molar-refractivity contribution is -0.385. The lowest BCUT2D eigenvalue weighted by atomic mass is 10.1. The number of H-pyrrole nitrogens is 1. The van der Waals surface area contributed by atoms with Gasteiger partial charge in [-0.25, -0.2) is 0 Å². The van der Waals surface area contributed by atoms with Crippen molar-refractivity contribution in [3.05, 3.63) is 51.3 Å². The fraction of sp³-hybridized carbons (Fsp3) is 0.312. The Labute approximate surface area is 144 Å². The molecule has 0 spiro atoms. The smallest absolute Gasteiger partial charge is 0.322 e. The van der Waals surface area contributed by atoms with E-state index in [9.17, 15) is 19.7 Å². The van der Waals surface area contributed by atoms with Crippen molar-refractivity contribution in [3.8, 4) is 0 Å². The van der Waals surface area contributed by atoms with Gasteiger partial charge in [0.15, 0.2) is 0 Å². The van der Waals surface area contributed by atoms with E-state index < -0.39 is 16.7 Å². The number of hydrogen-bond acceptors (Lipinski definition) is 5. The van der Waals surface area contributed by atoms with Gasteiger partial charge in [-0.05, 0) is 24.5 Å². The van der Waals surface area contributed by atoms with Crippen LogP contribution in [0.5, 0.6) is 0 Å². The van der Waals surface area contributed by atoms with Gasteiger partial charge in [0.05, 0.1) is 11.5 Å². The minimum absolute atomic E-state index is 0.261. The van der Waals surface area contributed by atoms with Crippen molar-refractivity contribution >= 4 is 23.2 Å². The quantitative estimate of drug-likeness (QED) is 0.520. The number of hydrogen-bond donors (Lipinski definition) is 3. The van der Waals surface area contributed by atoms with Crippen LogP contribution >= 0.6 is 0 Å². The predicted octanol–water partition coefficient (Wildman–Crippen LogP) is 1.81. The Kier molecular flexibility index (Phi) is 5.83. The Bertz CT molecular complexity index is 800. The van der Waals surface area contributed by atoms with Crippen molar-refractivity contribution < 1.29 is 14.5 Å². The molecular formula is C16H19N5O4. The van der Waals surface area contributed by atoms with Crippen molar-refractivity contribution in [3.63, 3.8) is 0 Å². The monoisotopic (exact) mass is 345 g/mol. The molecule has 2 aromatic rings. The zero-order valence-electron chi connectivity index (χ0n) is 14.0. The van der Waals surface area contributed by atoms with Gasteiger partial charge in [-0.15, -0.1) is 0 Å². The number of carbonyl (C=O) groups excluding carboxylic acids is 2. The summed E-state index contributed by atoms with van der Waals surface area (Å²) in [5, 5.41) is 22.3. The van der Waals surface area contributed by atoms with E-state index >= 15 is 0 Å². The third kappa shape index (κ3) is 4.19. The molecule has 0 radical (unpaired) electrons. The summed E-state index contributed by atoms with van der Waals surface area (Å²) in [5.41, 5.74) is 1.21. The van der Waals surface area contributed by atoms with Crippen LogP contribution in [0.3, 0.4) is 0 Å². The largest absolute Gasteiger partial charge is 0.341 e. The van der Waals surface area contributed by atoms with E-state index in [0.29, 0.717) is 12.1 Å². The molecule has 2 rings (SSSR count). The van der Waals surface area contributed by atoms with Gasteiger partial charge in [0.25, 0.3) is 5.91 Å². The maximum absolute atomic E-state index is 12.1. The number of carbonyl (C=O) groups is 2. The number of aryl methyl sites for hydroxylation is 2. The number of benzene rings is 1. The average Bonchev–Trinajstić information content (AvgIpc) is 3.04. The molecule has 2 amide bonds. The second-order valence-corrected chi connectivity index (χ2v) is 5.25. The number of amides is 2. The average molecular weight is 345 g/mol. The minimum atomic E-state index is -0.776. The van der Waals surface area contributed by atoms with E-state index in [1.165, 1.54) is 0 Å². The third-order valence-corrected chi connectivity index (χ3v) is 3.65. The van der Waals surface area contributed by atoms with Crippen LogP contribution in [0.15, 0.2) is 24.3 Å². The number of nitrogens with one attached hydrogen (secondary N) is 3. The Morgan fingerprint density at radius 3 is 2.60 bits per heavy atom.